The smallest absolute Gasteiger partial charge is 0.266 e. The molecule has 0 radical (unpaired) electrons. The second-order valence-electron chi connectivity index (χ2n) is 9.90. The summed E-state index contributed by atoms with van der Waals surface area (Å²) in [5.74, 6) is 1.39. The van der Waals surface area contributed by atoms with E-state index in [2.05, 4.69) is 50.8 Å². The van der Waals surface area contributed by atoms with Crippen LogP contribution >= 0.6 is 11.8 Å². The molecule has 0 unspecified atom stereocenters. The lowest BCUT2D eigenvalue weighted by Crippen LogP contribution is -2.45. The van der Waals surface area contributed by atoms with E-state index in [0.717, 1.165) is 47.0 Å². The van der Waals surface area contributed by atoms with Gasteiger partial charge in [0.05, 0.1) is 43.5 Å². The highest BCUT2D eigenvalue weighted by Gasteiger charge is 2.35. The summed E-state index contributed by atoms with van der Waals surface area (Å²) >= 11 is 1.36. The van der Waals surface area contributed by atoms with Crippen LogP contribution in [-0.4, -0.2) is 62.5 Å². The van der Waals surface area contributed by atoms with Gasteiger partial charge >= 0.3 is 0 Å². The summed E-state index contributed by atoms with van der Waals surface area (Å²) < 4.78 is 16.4. The number of anilines is 1. The fourth-order valence-electron chi connectivity index (χ4n) is 4.92. The summed E-state index contributed by atoms with van der Waals surface area (Å²) in [6.07, 6.45) is 5.28. The summed E-state index contributed by atoms with van der Waals surface area (Å²) in [6, 6.07) is 11.7. The number of amides is 1. The fourth-order valence-corrected chi connectivity index (χ4v) is 5.94. The van der Waals surface area contributed by atoms with Gasteiger partial charge in [-0.25, -0.2) is 4.99 Å². The second-order valence-corrected chi connectivity index (χ2v) is 10.9. The van der Waals surface area contributed by atoms with Gasteiger partial charge in [-0.2, -0.15) is 0 Å². The lowest BCUT2D eigenvalue weighted by molar-refractivity contribution is -0.122. The Balaban J connectivity index is 1.75. The normalized spacial score (nSPS) is 18.7. The van der Waals surface area contributed by atoms with Crippen molar-refractivity contribution in [2.24, 2.45) is 4.99 Å². The topological polar surface area (TPSA) is 63.6 Å². The Labute approximate surface area is 230 Å². The average Bonchev–Trinajstić information content (AvgIpc) is 3.18. The zero-order valence-corrected chi connectivity index (χ0v) is 24.1. The number of allylic oxidation sites excluding steroid dienone is 1. The molecule has 0 saturated carbocycles. The van der Waals surface area contributed by atoms with Crippen LogP contribution in [0.1, 0.15) is 45.2 Å². The lowest BCUT2D eigenvalue weighted by Gasteiger charge is -2.43. The average molecular weight is 536 g/mol. The van der Waals surface area contributed by atoms with Crippen molar-refractivity contribution >= 4 is 45.9 Å². The van der Waals surface area contributed by atoms with Crippen LogP contribution in [0.25, 0.3) is 11.6 Å². The molecule has 38 heavy (non-hydrogen) atoms. The molecule has 8 heteroatoms. The van der Waals surface area contributed by atoms with Gasteiger partial charge in [0.1, 0.15) is 11.5 Å². The van der Waals surface area contributed by atoms with Gasteiger partial charge in [-0.3, -0.25) is 9.69 Å². The SMILES string of the molecule is CCCN1c2cc(OC)c(/C=C3/SC(=Nc4ccc(OC)cc4)N(CCOC)C3=O)cc2C(C)=CC1(C)C. The van der Waals surface area contributed by atoms with Crippen molar-refractivity contribution in [3.63, 3.8) is 0 Å². The predicted molar refractivity (Wildman–Crippen MR) is 158 cm³/mol. The number of carbonyl (C=O) groups is 1. The van der Waals surface area contributed by atoms with Crippen LogP contribution in [0.4, 0.5) is 11.4 Å². The van der Waals surface area contributed by atoms with Crippen molar-refractivity contribution in [3.05, 3.63) is 58.5 Å². The van der Waals surface area contributed by atoms with Gasteiger partial charge in [0, 0.05) is 36.5 Å². The number of fused-ring (bicyclic) bond motifs is 1. The van der Waals surface area contributed by atoms with Crippen molar-refractivity contribution in [3.8, 4) is 11.5 Å². The maximum atomic E-state index is 13.5. The van der Waals surface area contributed by atoms with Gasteiger partial charge in [-0.15, -0.1) is 0 Å². The zero-order valence-electron chi connectivity index (χ0n) is 23.3. The first kappa shape index (κ1) is 27.8. The number of benzene rings is 2. The fraction of sp³-hybridized carbons (Fsp3) is 0.400. The predicted octanol–water partition coefficient (Wildman–Crippen LogP) is 6.37. The molecule has 7 nitrogen and oxygen atoms in total. The number of amidine groups is 1. The van der Waals surface area contributed by atoms with Gasteiger partial charge in [0.15, 0.2) is 5.17 Å². The van der Waals surface area contributed by atoms with Gasteiger partial charge in [-0.05, 0) is 80.9 Å². The highest BCUT2D eigenvalue weighted by Crippen LogP contribution is 2.44. The summed E-state index contributed by atoms with van der Waals surface area (Å²) in [5, 5.41) is 0.618. The number of aliphatic imine (C=N–C) groups is 1. The summed E-state index contributed by atoms with van der Waals surface area (Å²) in [6.45, 7) is 10.6. The van der Waals surface area contributed by atoms with E-state index in [9.17, 15) is 4.79 Å². The van der Waals surface area contributed by atoms with E-state index in [1.165, 1.54) is 17.3 Å². The standard InChI is InChI=1S/C30H37N3O4S/c1-8-13-33-25-18-26(37-7)21(16-24(25)20(2)19-30(33,3)4)17-27-28(34)32(14-15-35-5)29(38-27)31-22-9-11-23(36-6)12-10-22/h9-12,16-19H,8,13-15H2,1-7H3/b27-17+,31-29?. The van der Waals surface area contributed by atoms with Crippen LogP contribution in [0.2, 0.25) is 0 Å². The number of carbonyl (C=O) groups excluding carboxylic acids is 1. The van der Waals surface area contributed by atoms with E-state index in [4.69, 9.17) is 19.2 Å². The van der Waals surface area contributed by atoms with Gasteiger partial charge in [0.2, 0.25) is 0 Å². The van der Waals surface area contributed by atoms with Gasteiger partial charge in [-0.1, -0.05) is 13.0 Å². The van der Waals surface area contributed by atoms with E-state index in [1.807, 2.05) is 30.3 Å². The first-order chi connectivity index (χ1) is 18.2. The molecule has 0 atom stereocenters. The van der Waals surface area contributed by atoms with Crippen LogP contribution in [0.15, 0.2) is 52.4 Å². The Morgan fingerprint density at radius 2 is 1.79 bits per heavy atom. The summed E-state index contributed by atoms with van der Waals surface area (Å²) in [5.41, 5.74) is 5.05. The first-order valence-corrected chi connectivity index (χ1v) is 13.7. The highest BCUT2D eigenvalue weighted by atomic mass is 32.2. The number of thioether (sulfide) groups is 1. The Bertz CT molecular complexity index is 1280. The number of hydrogen-bond acceptors (Lipinski definition) is 7. The quantitative estimate of drug-likeness (QED) is 0.348. The van der Waals surface area contributed by atoms with Crippen LogP contribution < -0.4 is 14.4 Å². The molecule has 2 aromatic rings. The van der Waals surface area contributed by atoms with E-state index in [-0.39, 0.29) is 11.4 Å². The molecule has 0 bridgehead atoms. The molecular weight excluding hydrogens is 498 g/mol. The summed E-state index contributed by atoms with van der Waals surface area (Å²) in [7, 11) is 4.93. The molecule has 202 valence electrons. The van der Waals surface area contributed by atoms with E-state index in [1.54, 1.807) is 26.2 Å². The maximum Gasteiger partial charge on any atom is 0.266 e. The molecule has 0 aliphatic carbocycles. The van der Waals surface area contributed by atoms with Gasteiger partial charge < -0.3 is 19.1 Å². The lowest BCUT2D eigenvalue weighted by atomic mass is 9.87. The highest BCUT2D eigenvalue weighted by molar-refractivity contribution is 8.18. The Morgan fingerprint density at radius 3 is 2.42 bits per heavy atom. The van der Waals surface area contributed by atoms with Crippen LogP contribution in [0.3, 0.4) is 0 Å². The molecule has 1 fully saturated rings. The molecule has 0 spiro atoms. The maximum absolute atomic E-state index is 13.5. The molecule has 0 N–H and O–H groups in total. The molecule has 4 rings (SSSR count). The molecule has 2 aliphatic rings. The number of methoxy groups -OCH3 is 3. The molecule has 0 aromatic heterocycles. The zero-order chi connectivity index (χ0) is 27.4. The van der Waals surface area contributed by atoms with Crippen molar-refractivity contribution in [2.75, 3.05) is 45.9 Å². The minimum atomic E-state index is -0.0971. The Kier molecular flexibility index (Phi) is 8.53. The second kappa shape index (κ2) is 11.7. The largest absolute Gasteiger partial charge is 0.497 e. The van der Waals surface area contributed by atoms with Crippen LogP contribution in [0, 0.1) is 0 Å². The summed E-state index contributed by atoms with van der Waals surface area (Å²) in [4.78, 5) is 23.0. The number of ether oxygens (including phenoxy) is 3. The van der Waals surface area contributed by atoms with E-state index < -0.39 is 0 Å². The third kappa shape index (κ3) is 5.61. The number of nitrogens with zero attached hydrogens (tertiary/aromatic N) is 3. The monoisotopic (exact) mass is 535 g/mol. The van der Waals surface area contributed by atoms with Crippen molar-refractivity contribution in [2.45, 2.75) is 39.7 Å². The number of hydrogen-bond donors (Lipinski definition) is 0. The molecule has 2 aliphatic heterocycles. The minimum Gasteiger partial charge on any atom is -0.497 e. The van der Waals surface area contributed by atoms with E-state index >= 15 is 0 Å². The molecule has 1 amide bonds. The van der Waals surface area contributed by atoms with Crippen molar-refractivity contribution < 1.29 is 19.0 Å². The number of rotatable bonds is 9. The van der Waals surface area contributed by atoms with Crippen molar-refractivity contribution in [1.29, 1.82) is 0 Å². The molecule has 2 aromatic carbocycles. The van der Waals surface area contributed by atoms with Crippen LogP contribution in [0.5, 0.6) is 11.5 Å². The van der Waals surface area contributed by atoms with Gasteiger partial charge in [0.25, 0.3) is 5.91 Å². The third-order valence-corrected chi connectivity index (χ3v) is 7.77. The van der Waals surface area contributed by atoms with E-state index in [0.29, 0.717) is 23.2 Å². The van der Waals surface area contributed by atoms with Crippen LogP contribution in [-0.2, 0) is 9.53 Å². The van der Waals surface area contributed by atoms with Crippen molar-refractivity contribution in [1.82, 2.24) is 4.90 Å². The molecule has 2 heterocycles. The Hall–Kier alpha value is -3.23. The first-order valence-electron chi connectivity index (χ1n) is 12.8. The molecule has 1 saturated heterocycles. The Morgan fingerprint density at radius 1 is 1.05 bits per heavy atom. The minimum absolute atomic E-state index is 0.0932. The third-order valence-electron chi connectivity index (χ3n) is 6.77. The molecular formula is C30H37N3O4S.